The highest BCUT2D eigenvalue weighted by atomic mass is 19.1. The summed E-state index contributed by atoms with van der Waals surface area (Å²) in [6.45, 7) is 4.59. The minimum atomic E-state index is -0.981. The number of likely N-dealkylation sites (N-methyl/N-ethyl adjacent to an activating group) is 1. The Morgan fingerprint density at radius 1 is 1.53 bits per heavy atom. The van der Waals surface area contributed by atoms with E-state index in [0.717, 1.165) is 12.0 Å². The number of carbonyl (C=O) groups is 1. The van der Waals surface area contributed by atoms with Crippen molar-refractivity contribution >= 4 is 11.7 Å². The molecule has 1 aromatic carbocycles. The number of hydrogen-bond acceptors (Lipinski definition) is 3. The minimum absolute atomic E-state index is 0.223. The third kappa shape index (κ3) is 4.87. The molecule has 0 aromatic heterocycles. The van der Waals surface area contributed by atoms with E-state index in [1.54, 1.807) is 19.2 Å². The number of rotatable bonds is 7. The zero-order chi connectivity index (χ0) is 14.4. The van der Waals surface area contributed by atoms with E-state index in [1.165, 1.54) is 11.0 Å². The van der Waals surface area contributed by atoms with Crippen molar-refractivity contribution in [2.45, 2.75) is 32.9 Å². The summed E-state index contributed by atoms with van der Waals surface area (Å²) in [5.74, 6) is -1.39. The number of carboxylic acid groups (broad SMARTS) is 1. The molecule has 5 heteroatoms. The molecule has 0 saturated carbocycles. The Bertz CT molecular complexity index is 437. The SMILES string of the molecule is CCC(C)NCc1ccc(F)c(N(C)CC(=O)O)c1. The molecule has 0 aliphatic rings. The Morgan fingerprint density at radius 3 is 2.79 bits per heavy atom. The number of nitrogens with zero attached hydrogens (tertiary/aromatic N) is 1. The second kappa shape index (κ2) is 7.09. The van der Waals surface area contributed by atoms with Crippen LogP contribution >= 0.6 is 0 Å². The highest BCUT2D eigenvalue weighted by Crippen LogP contribution is 2.19. The highest BCUT2D eigenvalue weighted by Gasteiger charge is 2.11. The summed E-state index contributed by atoms with van der Waals surface area (Å²) in [7, 11) is 1.57. The molecule has 0 bridgehead atoms. The van der Waals surface area contributed by atoms with Crippen LogP contribution in [0.15, 0.2) is 18.2 Å². The van der Waals surface area contributed by atoms with Crippen LogP contribution in [0.5, 0.6) is 0 Å². The topological polar surface area (TPSA) is 52.6 Å². The van der Waals surface area contributed by atoms with E-state index in [2.05, 4.69) is 19.2 Å². The molecule has 1 atom stereocenters. The average Bonchev–Trinajstić information content (AvgIpc) is 2.36. The van der Waals surface area contributed by atoms with E-state index in [0.29, 0.717) is 18.3 Å². The van der Waals surface area contributed by atoms with E-state index in [1.807, 2.05) is 0 Å². The van der Waals surface area contributed by atoms with Gasteiger partial charge in [-0.15, -0.1) is 0 Å². The maximum absolute atomic E-state index is 13.7. The summed E-state index contributed by atoms with van der Waals surface area (Å²) < 4.78 is 13.7. The molecule has 0 radical (unpaired) electrons. The van der Waals surface area contributed by atoms with Gasteiger partial charge in [-0.2, -0.15) is 0 Å². The standard InChI is InChI=1S/C14H21FN2O2/c1-4-10(2)16-8-11-5-6-12(15)13(7-11)17(3)9-14(18)19/h5-7,10,16H,4,8-9H2,1-3H3,(H,18,19). The van der Waals surface area contributed by atoms with Gasteiger partial charge in [-0.3, -0.25) is 4.79 Å². The predicted octanol–water partition coefficient (Wildman–Crippen LogP) is 2.23. The first-order valence-electron chi connectivity index (χ1n) is 6.38. The fraction of sp³-hybridized carbons (Fsp3) is 0.500. The predicted molar refractivity (Wildman–Crippen MR) is 73.9 cm³/mol. The van der Waals surface area contributed by atoms with Gasteiger partial charge in [0.25, 0.3) is 0 Å². The molecule has 0 aliphatic heterocycles. The van der Waals surface area contributed by atoms with Crippen LogP contribution in [-0.4, -0.2) is 30.7 Å². The molecular formula is C14H21FN2O2. The number of aliphatic carboxylic acids is 1. The van der Waals surface area contributed by atoms with Gasteiger partial charge in [0.2, 0.25) is 0 Å². The van der Waals surface area contributed by atoms with Crippen LogP contribution in [0.2, 0.25) is 0 Å². The van der Waals surface area contributed by atoms with Crippen LogP contribution in [0.25, 0.3) is 0 Å². The van der Waals surface area contributed by atoms with Gasteiger partial charge >= 0.3 is 5.97 Å². The molecule has 0 amide bonds. The van der Waals surface area contributed by atoms with Crippen LogP contribution in [0, 0.1) is 5.82 Å². The van der Waals surface area contributed by atoms with Crippen molar-refractivity contribution in [3.8, 4) is 0 Å². The maximum atomic E-state index is 13.7. The van der Waals surface area contributed by atoms with E-state index in [4.69, 9.17) is 5.11 Å². The van der Waals surface area contributed by atoms with Crippen molar-refractivity contribution in [3.63, 3.8) is 0 Å². The Hall–Kier alpha value is -1.62. The molecule has 4 nitrogen and oxygen atoms in total. The molecular weight excluding hydrogens is 247 g/mol. The van der Waals surface area contributed by atoms with Gasteiger partial charge in [-0.1, -0.05) is 13.0 Å². The smallest absolute Gasteiger partial charge is 0.323 e. The van der Waals surface area contributed by atoms with Crippen LogP contribution in [0.3, 0.4) is 0 Å². The van der Waals surface area contributed by atoms with Crippen LogP contribution in [0.1, 0.15) is 25.8 Å². The fourth-order valence-electron chi connectivity index (χ4n) is 1.69. The van der Waals surface area contributed by atoms with Crippen molar-refractivity contribution in [2.24, 2.45) is 0 Å². The van der Waals surface area contributed by atoms with E-state index in [9.17, 15) is 9.18 Å². The van der Waals surface area contributed by atoms with Gasteiger partial charge in [0.15, 0.2) is 0 Å². The number of carboxylic acids is 1. The average molecular weight is 268 g/mol. The lowest BCUT2D eigenvalue weighted by Gasteiger charge is -2.19. The van der Waals surface area contributed by atoms with E-state index in [-0.39, 0.29) is 6.54 Å². The largest absolute Gasteiger partial charge is 0.480 e. The van der Waals surface area contributed by atoms with Crippen LogP contribution in [0.4, 0.5) is 10.1 Å². The van der Waals surface area contributed by atoms with Gasteiger partial charge in [-0.05, 0) is 31.0 Å². The number of nitrogens with one attached hydrogen (secondary N) is 1. The van der Waals surface area contributed by atoms with Crippen molar-refractivity contribution in [1.82, 2.24) is 5.32 Å². The maximum Gasteiger partial charge on any atom is 0.323 e. The van der Waals surface area contributed by atoms with Crippen LogP contribution < -0.4 is 10.2 Å². The number of benzene rings is 1. The quantitative estimate of drug-likeness (QED) is 0.796. The Balaban J connectivity index is 2.78. The Morgan fingerprint density at radius 2 is 2.21 bits per heavy atom. The van der Waals surface area contributed by atoms with Gasteiger partial charge in [0, 0.05) is 19.6 Å². The third-order valence-electron chi connectivity index (χ3n) is 3.06. The first kappa shape index (κ1) is 15.4. The third-order valence-corrected chi connectivity index (χ3v) is 3.06. The van der Waals surface area contributed by atoms with E-state index >= 15 is 0 Å². The van der Waals surface area contributed by atoms with E-state index < -0.39 is 11.8 Å². The number of hydrogen-bond donors (Lipinski definition) is 2. The molecule has 19 heavy (non-hydrogen) atoms. The van der Waals surface area contributed by atoms with Crippen molar-refractivity contribution in [2.75, 3.05) is 18.5 Å². The van der Waals surface area contributed by atoms with Crippen LogP contribution in [-0.2, 0) is 11.3 Å². The van der Waals surface area contributed by atoms with Crippen molar-refractivity contribution in [3.05, 3.63) is 29.6 Å². The highest BCUT2D eigenvalue weighted by molar-refractivity contribution is 5.73. The first-order valence-corrected chi connectivity index (χ1v) is 6.38. The zero-order valence-corrected chi connectivity index (χ0v) is 11.6. The van der Waals surface area contributed by atoms with Crippen molar-refractivity contribution < 1.29 is 14.3 Å². The second-order valence-electron chi connectivity index (χ2n) is 4.73. The second-order valence-corrected chi connectivity index (χ2v) is 4.73. The number of anilines is 1. The summed E-state index contributed by atoms with van der Waals surface area (Å²) in [6, 6.07) is 5.17. The molecule has 1 aromatic rings. The minimum Gasteiger partial charge on any atom is -0.480 e. The number of halogens is 1. The zero-order valence-electron chi connectivity index (χ0n) is 11.6. The molecule has 1 unspecified atom stereocenters. The lowest BCUT2D eigenvalue weighted by Crippen LogP contribution is -2.27. The van der Waals surface area contributed by atoms with Gasteiger partial charge in [-0.25, -0.2) is 4.39 Å². The Labute approximate surface area is 113 Å². The summed E-state index contributed by atoms with van der Waals surface area (Å²) in [5, 5.41) is 12.1. The summed E-state index contributed by atoms with van der Waals surface area (Å²) in [4.78, 5) is 12.0. The molecule has 0 aliphatic carbocycles. The summed E-state index contributed by atoms with van der Waals surface area (Å²) >= 11 is 0. The van der Waals surface area contributed by atoms with Gasteiger partial charge in [0.1, 0.15) is 12.4 Å². The first-order chi connectivity index (χ1) is 8.93. The molecule has 0 spiro atoms. The molecule has 0 fully saturated rings. The normalized spacial score (nSPS) is 12.2. The van der Waals surface area contributed by atoms with Gasteiger partial charge in [0.05, 0.1) is 5.69 Å². The fourth-order valence-corrected chi connectivity index (χ4v) is 1.69. The van der Waals surface area contributed by atoms with Crippen molar-refractivity contribution in [1.29, 1.82) is 0 Å². The lowest BCUT2D eigenvalue weighted by molar-refractivity contribution is -0.135. The molecule has 106 valence electrons. The molecule has 0 saturated heterocycles. The lowest BCUT2D eigenvalue weighted by atomic mass is 10.1. The Kier molecular flexibility index (Phi) is 5.76. The molecule has 0 heterocycles. The molecule has 1 rings (SSSR count). The summed E-state index contributed by atoms with van der Waals surface area (Å²) in [5.41, 5.74) is 1.25. The summed E-state index contributed by atoms with van der Waals surface area (Å²) in [6.07, 6.45) is 1.02. The monoisotopic (exact) mass is 268 g/mol. The van der Waals surface area contributed by atoms with Gasteiger partial charge < -0.3 is 15.3 Å². The molecule has 2 N–H and O–H groups in total.